The van der Waals surface area contributed by atoms with Crippen LogP contribution in [0.4, 0.5) is 0 Å². The van der Waals surface area contributed by atoms with Gasteiger partial charge in [-0.3, -0.25) is 9.59 Å². The molecule has 162 valence electrons. The summed E-state index contributed by atoms with van der Waals surface area (Å²) in [6, 6.07) is 11.1. The molecule has 2 aromatic carbocycles. The monoisotopic (exact) mass is 423 g/mol. The largest absolute Gasteiger partial charge is 0.508 e. The van der Waals surface area contributed by atoms with Gasteiger partial charge in [0.15, 0.2) is 5.78 Å². The molecule has 7 heteroatoms. The molecule has 0 saturated heterocycles. The molecule has 7 nitrogen and oxygen atoms in total. The number of carbonyl (C=O) groups is 2. The Kier molecular flexibility index (Phi) is 6.65. The number of hydrogen-bond acceptors (Lipinski definition) is 6. The molecule has 1 aromatic heterocycles. The quantitative estimate of drug-likeness (QED) is 0.474. The van der Waals surface area contributed by atoms with Crippen LogP contribution in [-0.4, -0.2) is 29.0 Å². The van der Waals surface area contributed by atoms with Gasteiger partial charge in [-0.15, -0.1) is 0 Å². The number of rotatable bonds is 8. The molecule has 1 unspecified atom stereocenters. The predicted octanol–water partition coefficient (Wildman–Crippen LogP) is 3.91. The second-order valence-corrected chi connectivity index (χ2v) is 7.11. The lowest BCUT2D eigenvalue weighted by atomic mass is 9.84. The molecule has 3 rings (SSSR count). The number of benzene rings is 2. The molecule has 3 aromatic rings. The van der Waals surface area contributed by atoms with Crippen molar-refractivity contribution in [2.24, 2.45) is 0 Å². The van der Waals surface area contributed by atoms with Crippen LogP contribution < -0.4 is 10.1 Å². The van der Waals surface area contributed by atoms with Crippen molar-refractivity contribution in [2.75, 3.05) is 7.11 Å². The number of methoxy groups -OCH3 is 1. The van der Waals surface area contributed by atoms with Gasteiger partial charge in [0.2, 0.25) is 5.91 Å². The van der Waals surface area contributed by atoms with Crippen LogP contribution >= 0.6 is 0 Å². The van der Waals surface area contributed by atoms with E-state index in [0.717, 1.165) is 6.07 Å². The smallest absolute Gasteiger partial charge is 0.227 e. The van der Waals surface area contributed by atoms with Gasteiger partial charge in [-0.05, 0) is 60.9 Å². The van der Waals surface area contributed by atoms with Gasteiger partial charge in [-0.1, -0.05) is 6.92 Å². The molecule has 1 heterocycles. The summed E-state index contributed by atoms with van der Waals surface area (Å²) in [7, 11) is 1.53. The Morgan fingerprint density at radius 1 is 1.13 bits per heavy atom. The predicted molar refractivity (Wildman–Crippen MR) is 115 cm³/mol. The fourth-order valence-electron chi connectivity index (χ4n) is 3.56. The van der Waals surface area contributed by atoms with Crippen LogP contribution in [0.3, 0.4) is 0 Å². The summed E-state index contributed by atoms with van der Waals surface area (Å²) in [5.41, 5.74) is 1.07. The van der Waals surface area contributed by atoms with E-state index in [4.69, 9.17) is 9.15 Å². The standard InChI is InChI=1S/C24H25NO6/c1-4-18-19(26)12-20(27)22(23(28)15-7-9-16(30-3)10-8-15)21(18)14(2)24(29)25-13-17-6-5-11-31-17/h5-12,14,26-27H,4,13H2,1-3H3,(H,25,29). The Labute approximate surface area is 180 Å². The number of nitrogens with one attached hydrogen (secondary N) is 1. The van der Waals surface area contributed by atoms with Crippen LogP contribution in [0.5, 0.6) is 17.2 Å². The van der Waals surface area contributed by atoms with Crippen LogP contribution in [0.2, 0.25) is 0 Å². The molecule has 1 amide bonds. The van der Waals surface area contributed by atoms with Crippen molar-refractivity contribution in [2.45, 2.75) is 32.7 Å². The fourth-order valence-corrected chi connectivity index (χ4v) is 3.56. The minimum Gasteiger partial charge on any atom is -0.508 e. The van der Waals surface area contributed by atoms with Crippen molar-refractivity contribution >= 4 is 11.7 Å². The summed E-state index contributed by atoms with van der Waals surface area (Å²) in [5.74, 6) is -0.977. The van der Waals surface area contributed by atoms with E-state index in [-0.39, 0.29) is 29.5 Å². The Hall–Kier alpha value is -3.74. The molecule has 0 bridgehead atoms. The first-order valence-electron chi connectivity index (χ1n) is 9.93. The van der Waals surface area contributed by atoms with Crippen molar-refractivity contribution in [3.05, 3.63) is 76.7 Å². The van der Waals surface area contributed by atoms with Gasteiger partial charge in [0.25, 0.3) is 0 Å². The van der Waals surface area contributed by atoms with Crippen molar-refractivity contribution < 1.29 is 29.0 Å². The minimum absolute atomic E-state index is 0.000431. The van der Waals surface area contributed by atoms with E-state index in [9.17, 15) is 19.8 Å². The molecule has 1 atom stereocenters. The molecule has 31 heavy (non-hydrogen) atoms. The summed E-state index contributed by atoms with van der Waals surface area (Å²) in [6.07, 6.45) is 1.89. The normalized spacial score (nSPS) is 11.7. The number of carbonyl (C=O) groups excluding carboxylic acids is 2. The molecule has 0 saturated carbocycles. The van der Waals surface area contributed by atoms with Crippen LogP contribution in [0, 0.1) is 0 Å². The SMILES string of the molecule is CCc1c(O)cc(O)c(C(=O)c2ccc(OC)cc2)c1C(C)C(=O)NCc1ccco1. The highest BCUT2D eigenvalue weighted by atomic mass is 16.5. The third-order valence-corrected chi connectivity index (χ3v) is 5.21. The van der Waals surface area contributed by atoms with E-state index < -0.39 is 11.7 Å². The third-order valence-electron chi connectivity index (χ3n) is 5.21. The molecule has 3 N–H and O–H groups in total. The van der Waals surface area contributed by atoms with Crippen LogP contribution in [0.1, 0.15) is 52.6 Å². The summed E-state index contributed by atoms with van der Waals surface area (Å²) in [4.78, 5) is 26.2. The van der Waals surface area contributed by atoms with Gasteiger partial charge in [0.1, 0.15) is 23.0 Å². The average molecular weight is 423 g/mol. The molecule has 0 fully saturated rings. The first-order valence-corrected chi connectivity index (χ1v) is 9.93. The van der Waals surface area contributed by atoms with E-state index in [1.165, 1.54) is 13.4 Å². The number of ketones is 1. The molecule has 0 aliphatic heterocycles. The van der Waals surface area contributed by atoms with Gasteiger partial charge in [-0.2, -0.15) is 0 Å². The van der Waals surface area contributed by atoms with Gasteiger partial charge in [-0.25, -0.2) is 0 Å². The fraction of sp³-hybridized carbons (Fsp3) is 0.250. The van der Waals surface area contributed by atoms with E-state index in [0.29, 0.717) is 34.6 Å². The zero-order chi connectivity index (χ0) is 22.5. The van der Waals surface area contributed by atoms with Crippen LogP contribution in [-0.2, 0) is 17.8 Å². The Balaban J connectivity index is 2.02. The minimum atomic E-state index is -0.805. The van der Waals surface area contributed by atoms with Crippen molar-refractivity contribution in [1.29, 1.82) is 0 Å². The lowest BCUT2D eigenvalue weighted by Gasteiger charge is -2.21. The highest BCUT2D eigenvalue weighted by Crippen LogP contribution is 2.38. The molecule has 0 radical (unpaired) electrons. The number of amides is 1. The summed E-state index contributed by atoms with van der Waals surface area (Å²) >= 11 is 0. The second-order valence-electron chi connectivity index (χ2n) is 7.11. The van der Waals surface area contributed by atoms with E-state index in [2.05, 4.69) is 5.32 Å². The average Bonchev–Trinajstić information content (AvgIpc) is 3.30. The van der Waals surface area contributed by atoms with Gasteiger partial charge in [0, 0.05) is 11.6 Å². The number of furan rings is 1. The Morgan fingerprint density at radius 2 is 1.84 bits per heavy atom. The van der Waals surface area contributed by atoms with Gasteiger partial charge >= 0.3 is 0 Å². The first kappa shape index (κ1) is 22.0. The third kappa shape index (κ3) is 4.55. The van der Waals surface area contributed by atoms with E-state index in [1.54, 1.807) is 43.3 Å². The zero-order valence-electron chi connectivity index (χ0n) is 17.6. The van der Waals surface area contributed by atoms with Crippen LogP contribution in [0.15, 0.2) is 53.1 Å². The van der Waals surface area contributed by atoms with Crippen LogP contribution in [0.25, 0.3) is 0 Å². The second kappa shape index (κ2) is 9.38. The maximum atomic E-state index is 13.3. The lowest BCUT2D eigenvalue weighted by molar-refractivity contribution is -0.122. The first-order chi connectivity index (χ1) is 14.9. The summed E-state index contributed by atoms with van der Waals surface area (Å²) < 4.78 is 10.4. The number of aromatic hydroxyl groups is 2. The molecular formula is C24H25NO6. The molecule has 0 spiro atoms. The van der Waals surface area contributed by atoms with Gasteiger partial charge < -0.3 is 24.7 Å². The zero-order valence-corrected chi connectivity index (χ0v) is 17.6. The van der Waals surface area contributed by atoms with Crippen molar-refractivity contribution in [3.63, 3.8) is 0 Å². The van der Waals surface area contributed by atoms with E-state index >= 15 is 0 Å². The topological polar surface area (TPSA) is 109 Å². The highest BCUT2D eigenvalue weighted by molar-refractivity contribution is 6.13. The maximum Gasteiger partial charge on any atom is 0.227 e. The number of phenolic OH excluding ortho intramolecular Hbond substituents is 2. The molecule has 0 aliphatic carbocycles. The van der Waals surface area contributed by atoms with E-state index in [1.807, 2.05) is 6.92 Å². The highest BCUT2D eigenvalue weighted by Gasteiger charge is 2.29. The lowest BCUT2D eigenvalue weighted by Crippen LogP contribution is -2.29. The number of phenols is 2. The van der Waals surface area contributed by atoms with Gasteiger partial charge in [0.05, 0.1) is 31.4 Å². The Bertz CT molecular complexity index is 1070. The Morgan fingerprint density at radius 3 is 2.42 bits per heavy atom. The molecular weight excluding hydrogens is 398 g/mol. The summed E-state index contributed by atoms with van der Waals surface area (Å²) in [6.45, 7) is 3.63. The maximum absolute atomic E-state index is 13.3. The van der Waals surface area contributed by atoms with Crippen molar-refractivity contribution in [1.82, 2.24) is 5.32 Å². The number of ether oxygens (including phenoxy) is 1. The summed E-state index contributed by atoms with van der Waals surface area (Å²) in [5, 5.41) is 23.7. The molecule has 0 aliphatic rings. The number of hydrogen-bond donors (Lipinski definition) is 3. The van der Waals surface area contributed by atoms with Crippen molar-refractivity contribution in [3.8, 4) is 17.2 Å².